The maximum atomic E-state index is 14.6. The highest BCUT2D eigenvalue weighted by Gasteiger charge is 2.38. The summed E-state index contributed by atoms with van der Waals surface area (Å²) >= 11 is 18.3. The number of anilines is 1. The molecule has 2 atom stereocenters. The van der Waals surface area contributed by atoms with Crippen LogP contribution in [0.2, 0.25) is 15.1 Å². The lowest BCUT2D eigenvalue weighted by molar-refractivity contribution is -0.140. The lowest BCUT2D eigenvalue weighted by Gasteiger charge is -2.34. The van der Waals surface area contributed by atoms with Gasteiger partial charge in [-0.1, -0.05) is 95.8 Å². The van der Waals surface area contributed by atoms with E-state index in [4.69, 9.17) is 34.8 Å². The highest BCUT2D eigenvalue weighted by atomic mass is 35.5. The van der Waals surface area contributed by atoms with E-state index in [0.29, 0.717) is 27.9 Å². The third-order valence-corrected chi connectivity index (χ3v) is 10.9. The van der Waals surface area contributed by atoms with E-state index in [0.717, 1.165) is 17.7 Å². The maximum absolute atomic E-state index is 14.6. The van der Waals surface area contributed by atoms with Gasteiger partial charge in [-0.3, -0.25) is 13.9 Å². The van der Waals surface area contributed by atoms with Gasteiger partial charge in [-0.2, -0.15) is 13.2 Å². The van der Waals surface area contributed by atoms with Gasteiger partial charge in [0.1, 0.15) is 12.6 Å². The summed E-state index contributed by atoms with van der Waals surface area (Å²) in [7, 11) is -4.65. The molecule has 2 amide bonds. The van der Waals surface area contributed by atoms with Crippen LogP contribution >= 0.6 is 34.8 Å². The Morgan fingerprint density at radius 1 is 0.840 bits per heavy atom. The lowest BCUT2D eigenvalue weighted by Crippen LogP contribution is -2.54. The molecule has 4 rings (SSSR count). The van der Waals surface area contributed by atoms with E-state index in [-0.39, 0.29) is 33.9 Å². The lowest BCUT2D eigenvalue weighted by atomic mass is 10.0. The van der Waals surface area contributed by atoms with E-state index >= 15 is 0 Å². The largest absolute Gasteiger partial charge is 0.417 e. The van der Waals surface area contributed by atoms with Gasteiger partial charge >= 0.3 is 6.18 Å². The van der Waals surface area contributed by atoms with Gasteiger partial charge in [0.15, 0.2) is 0 Å². The minimum atomic E-state index is -4.93. The quantitative estimate of drug-likeness (QED) is 0.148. The average Bonchev–Trinajstić information content (AvgIpc) is 3.07. The first-order valence-corrected chi connectivity index (χ1v) is 18.1. The molecule has 0 spiro atoms. The third kappa shape index (κ3) is 9.72. The minimum Gasteiger partial charge on any atom is -0.352 e. The number of benzene rings is 4. The first-order valence-electron chi connectivity index (χ1n) is 15.5. The van der Waals surface area contributed by atoms with Crippen LogP contribution in [0.4, 0.5) is 18.9 Å². The van der Waals surface area contributed by atoms with Gasteiger partial charge in [0.2, 0.25) is 11.8 Å². The van der Waals surface area contributed by atoms with E-state index in [9.17, 15) is 31.2 Å². The monoisotopic (exact) mass is 767 g/mol. The number of rotatable bonds is 13. The molecule has 4 aromatic rings. The van der Waals surface area contributed by atoms with Crippen molar-refractivity contribution in [1.82, 2.24) is 10.2 Å². The summed E-state index contributed by atoms with van der Waals surface area (Å²) in [5.74, 6) is -1.37. The predicted molar refractivity (Wildman–Crippen MR) is 191 cm³/mol. The number of hydrogen-bond acceptors (Lipinski definition) is 4. The Morgan fingerprint density at radius 3 is 2.08 bits per heavy atom. The summed E-state index contributed by atoms with van der Waals surface area (Å²) in [4.78, 5) is 29.5. The van der Waals surface area contributed by atoms with Gasteiger partial charge in [0.05, 0.1) is 31.2 Å². The van der Waals surface area contributed by atoms with Crippen LogP contribution in [-0.4, -0.2) is 43.8 Å². The summed E-state index contributed by atoms with van der Waals surface area (Å²) in [6.07, 6.45) is -4.30. The van der Waals surface area contributed by atoms with Crippen molar-refractivity contribution in [3.05, 3.63) is 128 Å². The van der Waals surface area contributed by atoms with Crippen molar-refractivity contribution in [3.8, 4) is 0 Å². The van der Waals surface area contributed by atoms with E-state index in [2.05, 4.69) is 5.32 Å². The van der Waals surface area contributed by atoms with E-state index in [1.807, 2.05) is 6.92 Å². The van der Waals surface area contributed by atoms with Crippen molar-refractivity contribution >= 4 is 62.3 Å². The highest BCUT2D eigenvalue weighted by molar-refractivity contribution is 7.92. The molecule has 0 bridgehead atoms. The zero-order valence-corrected chi connectivity index (χ0v) is 30.4. The molecule has 0 aromatic heterocycles. The molecule has 0 heterocycles. The Kier molecular flexibility index (Phi) is 12.9. The van der Waals surface area contributed by atoms with Crippen LogP contribution in [0.1, 0.15) is 42.5 Å². The molecule has 0 radical (unpaired) electrons. The second kappa shape index (κ2) is 16.5. The molecule has 0 aliphatic carbocycles. The van der Waals surface area contributed by atoms with Crippen molar-refractivity contribution in [1.29, 1.82) is 0 Å². The maximum Gasteiger partial charge on any atom is 0.417 e. The number of carbonyl (C=O) groups excluding carboxylic acids is 2. The Morgan fingerprint density at radius 2 is 1.48 bits per heavy atom. The zero-order chi connectivity index (χ0) is 36.8. The number of carbonyl (C=O) groups is 2. The molecule has 0 saturated heterocycles. The van der Waals surface area contributed by atoms with Crippen LogP contribution in [0.3, 0.4) is 0 Å². The molecular formula is C36H35Cl3F3N3O4S. The van der Waals surface area contributed by atoms with Crippen molar-refractivity contribution in [2.75, 3.05) is 10.8 Å². The fourth-order valence-electron chi connectivity index (χ4n) is 5.08. The molecule has 266 valence electrons. The van der Waals surface area contributed by atoms with Crippen LogP contribution in [0.5, 0.6) is 0 Å². The van der Waals surface area contributed by atoms with Gasteiger partial charge in [-0.05, 0) is 73.9 Å². The molecular weight excluding hydrogens is 734 g/mol. The van der Waals surface area contributed by atoms with E-state index in [1.54, 1.807) is 50.2 Å². The van der Waals surface area contributed by atoms with Crippen molar-refractivity contribution in [2.45, 2.75) is 63.3 Å². The summed E-state index contributed by atoms with van der Waals surface area (Å²) in [6, 6.07) is 20.4. The average molecular weight is 769 g/mol. The van der Waals surface area contributed by atoms with E-state index in [1.165, 1.54) is 41.3 Å². The van der Waals surface area contributed by atoms with Gasteiger partial charge in [-0.25, -0.2) is 8.42 Å². The van der Waals surface area contributed by atoms with Crippen molar-refractivity contribution in [2.24, 2.45) is 0 Å². The summed E-state index contributed by atoms with van der Waals surface area (Å²) in [6.45, 7) is 4.25. The normalized spacial score (nSPS) is 13.0. The first kappa shape index (κ1) is 39.0. The molecule has 0 saturated carbocycles. The van der Waals surface area contributed by atoms with Crippen LogP contribution in [0.15, 0.2) is 95.9 Å². The second-order valence-corrected chi connectivity index (χ2v) is 14.9. The zero-order valence-electron chi connectivity index (χ0n) is 27.3. The van der Waals surface area contributed by atoms with Crippen LogP contribution in [0, 0.1) is 6.92 Å². The van der Waals surface area contributed by atoms with E-state index < -0.39 is 56.9 Å². The summed E-state index contributed by atoms with van der Waals surface area (Å²) in [5.41, 5.74) is 0.187. The molecule has 7 nitrogen and oxygen atoms in total. The Hall–Kier alpha value is -3.77. The van der Waals surface area contributed by atoms with Crippen LogP contribution < -0.4 is 9.62 Å². The van der Waals surface area contributed by atoms with Gasteiger partial charge in [0.25, 0.3) is 10.0 Å². The third-order valence-electron chi connectivity index (χ3n) is 8.04. The number of aryl methyl sites for hydroxylation is 1. The van der Waals surface area contributed by atoms with Crippen molar-refractivity contribution < 1.29 is 31.2 Å². The van der Waals surface area contributed by atoms with Crippen molar-refractivity contribution in [3.63, 3.8) is 0 Å². The number of hydrogen-bond donors (Lipinski definition) is 1. The molecule has 0 unspecified atom stereocenters. The summed E-state index contributed by atoms with van der Waals surface area (Å²) < 4.78 is 71.0. The SMILES string of the molecule is CC[C@H](C)NC(=O)[C@H](Cc1ccccc1)N(Cc1ccc(Cl)c(Cl)c1)C(=O)CN(c1ccc(Cl)c(C(F)(F)F)c1)S(=O)(=O)c1ccc(C)cc1. The fraction of sp³-hybridized carbons (Fsp3) is 0.278. The summed E-state index contributed by atoms with van der Waals surface area (Å²) in [5, 5.41) is 2.71. The Labute approximate surface area is 305 Å². The minimum absolute atomic E-state index is 0.0417. The van der Waals surface area contributed by atoms with Gasteiger partial charge < -0.3 is 10.2 Å². The molecule has 14 heteroatoms. The topological polar surface area (TPSA) is 86.8 Å². The van der Waals surface area contributed by atoms with Gasteiger partial charge in [-0.15, -0.1) is 0 Å². The highest BCUT2D eigenvalue weighted by Crippen LogP contribution is 2.38. The van der Waals surface area contributed by atoms with Gasteiger partial charge in [0, 0.05) is 19.0 Å². The Bertz CT molecular complexity index is 1930. The molecule has 50 heavy (non-hydrogen) atoms. The smallest absolute Gasteiger partial charge is 0.352 e. The number of amides is 2. The number of nitrogens with one attached hydrogen (secondary N) is 1. The molecule has 1 N–H and O–H groups in total. The molecule has 4 aromatic carbocycles. The van der Waals surface area contributed by atoms with Crippen LogP contribution in [-0.2, 0) is 38.8 Å². The Balaban J connectivity index is 1.88. The predicted octanol–water partition coefficient (Wildman–Crippen LogP) is 8.72. The number of alkyl halides is 3. The molecule has 0 aliphatic rings. The molecule has 0 aliphatic heterocycles. The number of nitrogens with zero attached hydrogens (tertiary/aromatic N) is 2. The van der Waals surface area contributed by atoms with Crippen LogP contribution in [0.25, 0.3) is 0 Å². The number of halogens is 6. The second-order valence-electron chi connectivity index (χ2n) is 11.8. The number of sulfonamides is 1. The first-order chi connectivity index (χ1) is 23.5. The standard InChI is InChI=1S/C36H35Cl3F3N3O4S/c1-4-24(3)43-35(47)33(19-25-8-6-5-7-9-25)44(21-26-12-16-31(38)32(39)18-26)34(46)22-45(50(48,49)28-14-10-23(2)11-15-28)27-13-17-30(37)29(20-27)36(40,41)42/h5-18,20,24,33H,4,19,21-22H2,1-3H3,(H,43,47)/t24-,33-/m0/s1. The fourth-order valence-corrected chi connectivity index (χ4v) is 7.03. The molecule has 0 fully saturated rings.